The minimum Gasteiger partial charge on any atom is -0.394 e. The lowest BCUT2D eigenvalue weighted by Crippen LogP contribution is -2.64. The van der Waals surface area contributed by atoms with Crippen LogP contribution >= 0.6 is 12.6 Å². The van der Waals surface area contributed by atoms with Gasteiger partial charge in [-0.15, -0.1) is 0 Å². The molecule has 7 N–H and O–H groups in total. The van der Waals surface area contributed by atoms with Crippen LogP contribution in [0.15, 0.2) is 0 Å². The molecular weight excluding hydrogens is 376 g/mol. The molecule has 154 valence electrons. The predicted octanol–water partition coefficient (Wildman–Crippen LogP) is -4.44. The van der Waals surface area contributed by atoms with Crippen LogP contribution in [0.2, 0.25) is 0 Å². The quantitative estimate of drug-likeness (QED) is 0.193. The van der Waals surface area contributed by atoms with Crippen LogP contribution in [0.25, 0.3) is 0 Å². The van der Waals surface area contributed by atoms with Gasteiger partial charge in [0.05, 0.1) is 19.8 Å². The van der Waals surface area contributed by atoms with E-state index in [0.717, 1.165) is 0 Å². The zero-order valence-corrected chi connectivity index (χ0v) is 14.7. The highest BCUT2D eigenvalue weighted by molar-refractivity contribution is 7.80. The third-order valence-electron chi connectivity index (χ3n) is 4.33. The normalized spacial score (nSPS) is 47.1. The molecule has 2 fully saturated rings. The molecule has 2 aliphatic rings. The zero-order chi connectivity index (χ0) is 19.4. The zero-order valence-electron chi connectivity index (χ0n) is 13.8. The number of thiol groups is 1. The van der Waals surface area contributed by atoms with Gasteiger partial charge in [-0.2, -0.15) is 12.6 Å². The van der Waals surface area contributed by atoms with Crippen LogP contribution in [0.5, 0.6) is 0 Å². The fourth-order valence-corrected chi connectivity index (χ4v) is 2.97. The van der Waals surface area contributed by atoms with E-state index < -0.39 is 74.6 Å². The standard InChI is InChI=1S/C14H26O11S/c15-3-5-7(17)8(18)10(20)14(23-5)25-12-6(4-16)24-13(22-1-2-26)11(21)9(12)19/h5-21,26H,1-4H2/t5?,6?,7-,8?,9?,10?,11?,12+,13+,14-/m0/s1. The summed E-state index contributed by atoms with van der Waals surface area (Å²) in [4.78, 5) is 0. The van der Waals surface area contributed by atoms with E-state index in [-0.39, 0.29) is 6.61 Å². The van der Waals surface area contributed by atoms with Crippen molar-refractivity contribution in [1.82, 2.24) is 0 Å². The molecule has 2 saturated heterocycles. The Balaban J connectivity index is 2.09. The molecule has 0 aromatic rings. The van der Waals surface area contributed by atoms with Crippen LogP contribution in [0.4, 0.5) is 0 Å². The SMILES string of the molecule is OCC1O[C@@H](O[C@@H]2C(CO)O[C@@H](OCCS)C(O)C2O)C(O)C(O)[C@H]1O. The summed E-state index contributed by atoms with van der Waals surface area (Å²) in [7, 11) is 0. The number of rotatable bonds is 7. The molecule has 2 rings (SSSR count). The molecule has 0 aromatic heterocycles. The van der Waals surface area contributed by atoms with Crippen molar-refractivity contribution in [2.24, 2.45) is 0 Å². The van der Waals surface area contributed by atoms with Gasteiger partial charge < -0.3 is 54.7 Å². The van der Waals surface area contributed by atoms with Gasteiger partial charge in [0.15, 0.2) is 12.6 Å². The van der Waals surface area contributed by atoms with Gasteiger partial charge in [-0.05, 0) is 0 Å². The lowest BCUT2D eigenvalue weighted by molar-refractivity contribution is -0.359. The molecule has 0 aromatic carbocycles. The maximum absolute atomic E-state index is 10.3. The van der Waals surface area contributed by atoms with E-state index in [4.69, 9.17) is 18.9 Å². The number of aliphatic hydroxyl groups excluding tert-OH is 7. The van der Waals surface area contributed by atoms with Crippen molar-refractivity contribution in [1.29, 1.82) is 0 Å². The summed E-state index contributed by atoms with van der Waals surface area (Å²) in [5.41, 5.74) is 0. The van der Waals surface area contributed by atoms with Gasteiger partial charge in [0, 0.05) is 5.75 Å². The summed E-state index contributed by atoms with van der Waals surface area (Å²) < 4.78 is 21.2. The highest BCUT2D eigenvalue weighted by atomic mass is 32.1. The van der Waals surface area contributed by atoms with Crippen LogP contribution in [-0.2, 0) is 18.9 Å². The Bertz CT molecular complexity index is 426. The first-order valence-electron chi connectivity index (χ1n) is 8.16. The smallest absolute Gasteiger partial charge is 0.187 e. The largest absolute Gasteiger partial charge is 0.394 e. The third-order valence-corrected chi connectivity index (χ3v) is 4.52. The van der Waals surface area contributed by atoms with Gasteiger partial charge in [0.2, 0.25) is 0 Å². The summed E-state index contributed by atoms with van der Waals surface area (Å²) in [5.74, 6) is 0.345. The number of ether oxygens (including phenoxy) is 4. The number of hydrogen-bond acceptors (Lipinski definition) is 12. The predicted molar refractivity (Wildman–Crippen MR) is 86.2 cm³/mol. The summed E-state index contributed by atoms with van der Waals surface area (Å²) in [6.07, 6.45) is -14.5. The van der Waals surface area contributed by atoms with Crippen molar-refractivity contribution in [3.63, 3.8) is 0 Å². The fraction of sp³-hybridized carbons (Fsp3) is 1.00. The molecule has 0 aliphatic carbocycles. The molecule has 0 amide bonds. The Labute approximate surface area is 155 Å². The molecule has 0 spiro atoms. The number of hydrogen-bond donors (Lipinski definition) is 8. The highest BCUT2D eigenvalue weighted by Crippen LogP contribution is 2.29. The molecular formula is C14H26O11S. The van der Waals surface area contributed by atoms with Crippen LogP contribution in [0, 0.1) is 0 Å². The maximum Gasteiger partial charge on any atom is 0.187 e. The Morgan fingerprint density at radius 1 is 0.731 bits per heavy atom. The molecule has 6 unspecified atom stereocenters. The van der Waals surface area contributed by atoms with Crippen LogP contribution in [0.3, 0.4) is 0 Å². The molecule has 12 heteroatoms. The molecule has 11 nitrogen and oxygen atoms in total. The van der Waals surface area contributed by atoms with Crippen molar-refractivity contribution in [2.75, 3.05) is 25.6 Å². The Kier molecular flexibility index (Phi) is 8.46. The van der Waals surface area contributed by atoms with Crippen LogP contribution in [0.1, 0.15) is 0 Å². The lowest BCUT2D eigenvalue weighted by atomic mass is 9.97. The minimum absolute atomic E-state index is 0.133. The van der Waals surface area contributed by atoms with Gasteiger partial charge in [-0.3, -0.25) is 0 Å². The lowest BCUT2D eigenvalue weighted by Gasteiger charge is -2.45. The van der Waals surface area contributed by atoms with Crippen molar-refractivity contribution in [2.45, 2.75) is 61.4 Å². The van der Waals surface area contributed by atoms with Crippen molar-refractivity contribution < 1.29 is 54.7 Å². The molecule has 2 aliphatic heterocycles. The van der Waals surface area contributed by atoms with E-state index in [1.807, 2.05) is 0 Å². The van der Waals surface area contributed by atoms with E-state index in [2.05, 4.69) is 12.6 Å². The first-order valence-corrected chi connectivity index (χ1v) is 8.79. The van der Waals surface area contributed by atoms with Crippen LogP contribution < -0.4 is 0 Å². The fourth-order valence-electron chi connectivity index (χ4n) is 2.86. The third kappa shape index (κ3) is 4.66. The van der Waals surface area contributed by atoms with Crippen molar-refractivity contribution in [3.05, 3.63) is 0 Å². The first-order chi connectivity index (χ1) is 12.3. The molecule has 2 heterocycles. The van der Waals surface area contributed by atoms with Gasteiger partial charge in [0.1, 0.15) is 48.8 Å². The van der Waals surface area contributed by atoms with E-state index in [1.54, 1.807) is 0 Å². The average Bonchev–Trinajstić information content (AvgIpc) is 2.64. The van der Waals surface area contributed by atoms with Gasteiger partial charge in [-0.1, -0.05) is 0 Å². The second-order valence-electron chi connectivity index (χ2n) is 6.10. The number of aliphatic hydroxyl groups is 7. The highest BCUT2D eigenvalue weighted by Gasteiger charge is 2.50. The van der Waals surface area contributed by atoms with Crippen LogP contribution in [-0.4, -0.2) is 123 Å². The van der Waals surface area contributed by atoms with Gasteiger partial charge >= 0.3 is 0 Å². The molecule has 0 bridgehead atoms. The van der Waals surface area contributed by atoms with E-state index >= 15 is 0 Å². The summed E-state index contributed by atoms with van der Waals surface area (Å²) in [6.45, 7) is -1.12. The topological polar surface area (TPSA) is 179 Å². The van der Waals surface area contributed by atoms with Crippen molar-refractivity contribution in [3.8, 4) is 0 Å². The monoisotopic (exact) mass is 402 g/mol. The van der Waals surface area contributed by atoms with E-state index in [9.17, 15) is 35.7 Å². The molecule has 0 radical (unpaired) electrons. The second kappa shape index (κ2) is 9.91. The van der Waals surface area contributed by atoms with E-state index in [1.165, 1.54) is 0 Å². The minimum atomic E-state index is -1.70. The summed E-state index contributed by atoms with van der Waals surface area (Å²) >= 11 is 3.96. The Morgan fingerprint density at radius 3 is 1.88 bits per heavy atom. The average molecular weight is 402 g/mol. The summed E-state index contributed by atoms with van der Waals surface area (Å²) in [6, 6.07) is 0. The first kappa shape index (κ1) is 22.2. The second-order valence-corrected chi connectivity index (χ2v) is 6.55. The molecule has 0 saturated carbocycles. The van der Waals surface area contributed by atoms with Gasteiger partial charge in [-0.25, -0.2) is 0 Å². The molecule has 26 heavy (non-hydrogen) atoms. The Hall–Kier alpha value is -0.0900. The molecule has 10 atom stereocenters. The maximum atomic E-state index is 10.3. The van der Waals surface area contributed by atoms with Gasteiger partial charge in [0.25, 0.3) is 0 Å². The van der Waals surface area contributed by atoms with E-state index in [0.29, 0.717) is 5.75 Å². The Morgan fingerprint density at radius 2 is 1.31 bits per heavy atom. The summed E-state index contributed by atoms with van der Waals surface area (Å²) in [5, 5.41) is 68.7. The van der Waals surface area contributed by atoms with Crippen molar-refractivity contribution >= 4 is 12.6 Å².